The average molecular weight is 829 g/mol. The number of aryl methyl sites for hydroxylation is 2. The fourth-order valence-electron chi connectivity index (χ4n) is 5.59. The van der Waals surface area contributed by atoms with Crippen molar-refractivity contribution >= 4 is 18.0 Å². The second-order valence-corrected chi connectivity index (χ2v) is 12.3. The van der Waals surface area contributed by atoms with E-state index in [1.807, 2.05) is 0 Å². The SMILES string of the molecule is O=C(OCC1c2cc(CCC(F)(F)C(F)(F)C(F)(F)C(F)(F)F)ccc2-c2ccc(CCC(F)(F)C(F)(F)C(F)(F)C(F)(F)F)cc21)ON1C(=O)CCC1=O. The van der Waals surface area contributed by atoms with Crippen molar-refractivity contribution in [1.82, 2.24) is 5.06 Å². The molecule has 2 aromatic rings. The summed E-state index contributed by atoms with van der Waals surface area (Å²) in [7, 11) is 0. The maximum absolute atomic E-state index is 14.3. The summed E-state index contributed by atoms with van der Waals surface area (Å²) in [6.45, 7) is -0.944. The van der Waals surface area contributed by atoms with Gasteiger partial charge in [0.2, 0.25) is 0 Å². The van der Waals surface area contributed by atoms with Gasteiger partial charge >= 0.3 is 54.0 Å². The topological polar surface area (TPSA) is 72.9 Å². The molecule has 2 aromatic carbocycles. The average Bonchev–Trinajstić information content (AvgIpc) is 3.54. The Morgan fingerprint density at radius 2 is 0.945 bits per heavy atom. The van der Waals surface area contributed by atoms with Gasteiger partial charge in [0.1, 0.15) is 6.61 Å². The summed E-state index contributed by atoms with van der Waals surface area (Å²) >= 11 is 0. The Hall–Kier alpha value is -4.41. The van der Waals surface area contributed by atoms with E-state index in [0.29, 0.717) is 0 Å². The van der Waals surface area contributed by atoms with Crippen molar-refractivity contribution in [2.75, 3.05) is 6.61 Å². The first-order valence-corrected chi connectivity index (χ1v) is 15.2. The fraction of sp³-hybridized carbons (Fsp3) is 0.516. The number of hydrogen-bond acceptors (Lipinski definition) is 5. The number of benzene rings is 2. The number of imide groups is 1. The number of carbonyl (C=O) groups excluding carboxylic acids is 3. The van der Waals surface area contributed by atoms with Gasteiger partial charge in [-0.15, -0.1) is 0 Å². The van der Waals surface area contributed by atoms with Gasteiger partial charge in [0.15, 0.2) is 0 Å². The summed E-state index contributed by atoms with van der Waals surface area (Å²) in [6, 6.07) is 5.81. The normalized spacial score (nSPS) is 16.4. The van der Waals surface area contributed by atoms with Crippen LogP contribution in [0.2, 0.25) is 0 Å². The largest absolute Gasteiger partial charge is 0.533 e. The zero-order chi connectivity index (χ0) is 42.0. The Morgan fingerprint density at radius 1 is 0.582 bits per heavy atom. The molecule has 0 spiro atoms. The molecule has 0 bridgehead atoms. The van der Waals surface area contributed by atoms with Crippen molar-refractivity contribution in [2.24, 2.45) is 0 Å². The Bertz CT molecular complexity index is 1700. The van der Waals surface area contributed by atoms with Crippen molar-refractivity contribution in [3.8, 4) is 11.1 Å². The standard InChI is InChI=1S/C31H21F18NO5/c32-24(33,26(36,37)28(40,41)30(44,45)46)9-7-14-1-3-16-17-4-2-15(8-10-25(34,35)27(38,39)29(42,43)31(47,48)49)12-19(17)20(18(16)11-14)13-54-23(53)55-50-21(51)5-6-22(50)52/h1-4,11-12,20H,5-10,13H2. The number of carbonyl (C=O) groups is 3. The number of hydroxylamine groups is 2. The number of ether oxygens (including phenoxy) is 1. The summed E-state index contributed by atoms with van der Waals surface area (Å²) in [5.74, 6) is -43.5. The molecular weight excluding hydrogens is 808 g/mol. The van der Waals surface area contributed by atoms with Crippen LogP contribution in [0, 0.1) is 0 Å². The lowest BCUT2D eigenvalue weighted by Crippen LogP contribution is -2.60. The molecule has 24 heteroatoms. The van der Waals surface area contributed by atoms with Crippen LogP contribution in [0.15, 0.2) is 36.4 Å². The molecule has 1 aliphatic carbocycles. The zero-order valence-corrected chi connectivity index (χ0v) is 26.8. The Kier molecular flexibility index (Phi) is 11.0. The number of halogens is 18. The van der Waals surface area contributed by atoms with Crippen molar-refractivity contribution in [2.45, 2.75) is 92.3 Å². The predicted molar refractivity (Wildman–Crippen MR) is 146 cm³/mol. The molecule has 0 N–H and O–H groups in total. The summed E-state index contributed by atoms with van der Waals surface area (Å²) in [6.07, 6.45) is -23.8. The van der Waals surface area contributed by atoms with Gasteiger partial charge < -0.3 is 4.74 Å². The highest BCUT2D eigenvalue weighted by Gasteiger charge is 2.82. The second kappa shape index (κ2) is 14.0. The number of amides is 2. The minimum Gasteiger partial charge on any atom is -0.432 e. The van der Waals surface area contributed by atoms with E-state index >= 15 is 0 Å². The number of hydrogen-bond donors (Lipinski definition) is 0. The molecular formula is C31H21F18NO5. The van der Waals surface area contributed by atoms with Gasteiger partial charge in [0.25, 0.3) is 11.8 Å². The number of alkyl halides is 18. The molecule has 55 heavy (non-hydrogen) atoms. The lowest BCUT2D eigenvalue weighted by molar-refractivity contribution is -0.396. The van der Waals surface area contributed by atoms with E-state index in [9.17, 15) is 93.4 Å². The van der Waals surface area contributed by atoms with Crippen LogP contribution in [-0.2, 0) is 32.0 Å². The van der Waals surface area contributed by atoms with E-state index in [-0.39, 0.29) is 40.2 Å². The van der Waals surface area contributed by atoms with Gasteiger partial charge in [-0.3, -0.25) is 14.4 Å². The van der Waals surface area contributed by atoms with Gasteiger partial charge in [-0.1, -0.05) is 41.5 Å². The lowest BCUT2D eigenvalue weighted by atomic mass is 9.92. The molecule has 0 atom stereocenters. The fourth-order valence-corrected chi connectivity index (χ4v) is 5.59. The summed E-state index contributed by atoms with van der Waals surface area (Å²) < 4.78 is 246. The Morgan fingerprint density at radius 3 is 1.29 bits per heavy atom. The molecule has 2 amide bonds. The van der Waals surface area contributed by atoms with E-state index in [1.54, 1.807) is 0 Å². The third-order valence-corrected chi connectivity index (χ3v) is 8.69. The van der Waals surface area contributed by atoms with Crippen molar-refractivity contribution < 1.29 is 103 Å². The molecule has 0 unspecified atom stereocenters. The summed E-state index contributed by atoms with van der Waals surface area (Å²) in [4.78, 5) is 40.4. The number of rotatable bonds is 13. The monoisotopic (exact) mass is 829 g/mol. The third kappa shape index (κ3) is 7.60. The van der Waals surface area contributed by atoms with E-state index < -0.39 is 115 Å². The predicted octanol–water partition coefficient (Wildman–Crippen LogP) is 9.82. The summed E-state index contributed by atoms with van der Waals surface area (Å²) in [5, 5.41) is 0.0333. The highest BCUT2D eigenvalue weighted by Crippen LogP contribution is 2.56. The van der Waals surface area contributed by atoms with Crippen LogP contribution in [0.1, 0.15) is 53.9 Å². The maximum atomic E-state index is 14.3. The van der Waals surface area contributed by atoms with Crippen LogP contribution < -0.4 is 0 Å². The van der Waals surface area contributed by atoms with Crippen LogP contribution >= 0.6 is 0 Å². The first-order chi connectivity index (χ1) is 24.8. The van der Waals surface area contributed by atoms with Gasteiger partial charge in [0, 0.05) is 31.6 Å². The summed E-state index contributed by atoms with van der Waals surface area (Å²) in [5.41, 5.74) is -0.984. The number of fused-ring (bicyclic) bond motifs is 3. The van der Waals surface area contributed by atoms with Crippen LogP contribution in [-0.4, -0.2) is 77.5 Å². The molecule has 1 saturated heterocycles. The molecule has 0 radical (unpaired) electrons. The molecule has 0 saturated carbocycles. The minimum atomic E-state index is -7.17. The van der Waals surface area contributed by atoms with Crippen molar-refractivity contribution in [3.63, 3.8) is 0 Å². The third-order valence-electron chi connectivity index (χ3n) is 8.69. The molecule has 1 fully saturated rings. The highest BCUT2D eigenvalue weighted by molar-refractivity contribution is 6.01. The molecule has 2 aliphatic rings. The van der Waals surface area contributed by atoms with Gasteiger partial charge in [-0.05, 0) is 46.2 Å². The van der Waals surface area contributed by atoms with E-state index in [4.69, 9.17) is 4.74 Å². The molecule has 6 nitrogen and oxygen atoms in total. The smallest absolute Gasteiger partial charge is 0.432 e. The highest BCUT2D eigenvalue weighted by atomic mass is 19.4. The molecule has 4 rings (SSSR count). The van der Waals surface area contributed by atoms with E-state index in [2.05, 4.69) is 4.84 Å². The van der Waals surface area contributed by atoms with E-state index in [1.165, 1.54) is 0 Å². The van der Waals surface area contributed by atoms with Crippen LogP contribution in [0.4, 0.5) is 83.8 Å². The van der Waals surface area contributed by atoms with Gasteiger partial charge in [-0.2, -0.15) is 79.0 Å². The Balaban J connectivity index is 1.64. The van der Waals surface area contributed by atoms with Gasteiger partial charge in [-0.25, -0.2) is 4.79 Å². The Labute approximate surface area is 295 Å². The quantitative estimate of drug-likeness (QED) is 0.114. The second-order valence-electron chi connectivity index (χ2n) is 12.3. The maximum Gasteiger partial charge on any atom is 0.533 e. The van der Waals surface area contributed by atoms with Crippen LogP contribution in [0.3, 0.4) is 0 Å². The van der Waals surface area contributed by atoms with Crippen molar-refractivity contribution in [1.29, 1.82) is 0 Å². The van der Waals surface area contributed by atoms with Crippen LogP contribution in [0.5, 0.6) is 0 Å². The lowest BCUT2D eigenvalue weighted by Gasteiger charge is -2.33. The first-order valence-electron chi connectivity index (χ1n) is 15.2. The first kappa shape index (κ1) is 43.3. The molecule has 0 aromatic heterocycles. The minimum absolute atomic E-state index is 0.0333. The van der Waals surface area contributed by atoms with E-state index in [0.717, 1.165) is 36.4 Å². The van der Waals surface area contributed by atoms with Crippen LogP contribution in [0.25, 0.3) is 11.1 Å². The molecule has 1 heterocycles. The molecule has 1 aliphatic heterocycles. The zero-order valence-electron chi connectivity index (χ0n) is 26.8. The van der Waals surface area contributed by atoms with Crippen molar-refractivity contribution in [3.05, 3.63) is 58.7 Å². The number of nitrogens with zero attached hydrogens (tertiary/aromatic N) is 1. The van der Waals surface area contributed by atoms with Gasteiger partial charge in [0.05, 0.1) is 0 Å². The molecule has 306 valence electrons.